The van der Waals surface area contributed by atoms with E-state index in [-0.39, 0.29) is 18.4 Å². The summed E-state index contributed by atoms with van der Waals surface area (Å²) < 4.78 is 10.7. The summed E-state index contributed by atoms with van der Waals surface area (Å²) in [5.74, 6) is 0.990. The first-order chi connectivity index (χ1) is 14.2. The molecule has 0 radical (unpaired) electrons. The van der Waals surface area contributed by atoms with Gasteiger partial charge in [-0.1, -0.05) is 30.3 Å². The van der Waals surface area contributed by atoms with Crippen LogP contribution in [0.3, 0.4) is 0 Å². The smallest absolute Gasteiger partial charge is 0.253 e. The van der Waals surface area contributed by atoms with Crippen molar-refractivity contribution in [1.82, 2.24) is 10.6 Å². The summed E-state index contributed by atoms with van der Waals surface area (Å²) >= 11 is 0. The van der Waals surface area contributed by atoms with Crippen molar-refractivity contribution in [2.45, 2.75) is 6.54 Å². The number of rotatable bonds is 10. The van der Waals surface area contributed by atoms with Gasteiger partial charge in [0.2, 0.25) is 5.91 Å². The van der Waals surface area contributed by atoms with Crippen molar-refractivity contribution < 1.29 is 18.7 Å². The molecule has 2 aromatic carbocycles. The first-order valence-electron chi connectivity index (χ1n) is 9.30. The van der Waals surface area contributed by atoms with E-state index >= 15 is 0 Å². The standard InChI is InChI=1S/C22H23N3O4/c26-21(23-12-14-29-17-7-2-1-3-8-17)16-24-20-11-5-4-10-19(20)22(27)25-15-18-9-6-13-28-18/h1-11,13,24H,12,14-16H2,(H,23,26)(H,25,27). The number of benzene rings is 2. The molecule has 0 unspecified atom stereocenters. The second-order valence-corrected chi connectivity index (χ2v) is 6.17. The Kier molecular flexibility index (Phi) is 7.28. The van der Waals surface area contributed by atoms with Gasteiger partial charge in [-0.25, -0.2) is 0 Å². The maximum atomic E-state index is 12.4. The van der Waals surface area contributed by atoms with Crippen LogP contribution in [0.25, 0.3) is 0 Å². The van der Waals surface area contributed by atoms with Crippen LogP contribution in [0.15, 0.2) is 77.4 Å². The zero-order valence-electron chi connectivity index (χ0n) is 15.9. The van der Waals surface area contributed by atoms with Crippen molar-refractivity contribution in [2.75, 3.05) is 25.0 Å². The fraction of sp³-hybridized carbons (Fsp3) is 0.182. The Morgan fingerprint density at radius 3 is 2.48 bits per heavy atom. The van der Waals surface area contributed by atoms with Gasteiger partial charge in [-0.05, 0) is 36.4 Å². The van der Waals surface area contributed by atoms with Crippen LogP contribution in [-0.2, 0) is 11.3 Å². The van der Waals surface area contributed by atoms with Crippen LogP contribution in [0.5, 0.6) is 5.75 Å². The van der Waals surface area contributed by atoms with Gasteiger partial charge in [0.05, 0.1) is 31.5 Å². The fourth-order valence-electron chi connectivity index (χ4n) is 2.63. The molecule has 29 heavy (non-hydrogen) atoms. The van der Waals surface area contributed by atoms with Gasteiger partial charge < -0.3 is 25.1 Å². The number of anilines is 1. The van der Waals surface area contributed by atoms with Crippen molar-refractivity contribution >= 4 is 17.5 Å². The number of hydrogen-bond donors (Lipinski definition) is 3. The molecule has 0 aliphatic heterocycles. The third kappa shape index (κ3) is 6.42. The average Bonchev–Trinajstić information content (AvgIpc) is 3.28. The average molecular weight is 393 g/mol. The largest absolute Gasteiger partial charge is 0.492 e. The maximum Gasteiger partial charge on any atom is 0.253 e. The second-order valence-electron chi connectivity index (χ2n) is 6.17. The molecule has 3 aromatic rings. The summed E-state index contributed by atoms with van der Waals surface area (Å²) in [6, 6.07) is 20.0. The molecule has 0 saturated heterocycles. The van der Waals surface area contributed by atoms with E-state index in [1.165, 1.54) is 0 Å². The summed E-state index contributed by atoms with van der Waals surface area (Å²) in [5.41, 5.74) is 1.04. The Bertz CT molecular complexity index is 911. The minimum atomic E-state index is -0.249. The van der Waals surface area contributed by atoms with Gasteiger partial charge in [-0.3, -0.25) is 9.59 Å². The molecule has 3 rings (SSSR count). The van der Waals surface area contributed by atoms with Crippen LogP contribution in [0, 0.1) is 0 Å². The van der Waals surface area contributed by atoms with Gasteiger partial charge in [0.25, 0.3) is 5.91 Å². The minimum absolute atomic E-state index is 0.0494. The van der Waals surface area contributed by atoms with Gasteiger partial charge >= 0.3 is 0 Å². The third-order valence-corrected chi connectivity index (χ3v) is 4.05. The zero-order chi connectivity index (χ0) is 20.3. The maximum absolute atomic E-state index is 12.4. The molecule has 0 aliphatic carbocycles. The minimum Gasteiger partial charge on any atom is -0.492 e. The normalized spacial score (nSPS) is 10.2. The van der Waals surface area contributed by atoms with Crippen molar-refractivity contribution in [3.8, 4) is 5.75 Å². The molecule has 1 heterocycles. The number of amides is 2. The van der Waals surface area contributed by atoms with E-state index in [0.29, 0.717) is 36.7 Å². The molecule has 7 nitrogen and oxygen atoms in total. The van der Waals surface area contributed by atoms with Crippen LogP contribution < -0.4 is 20.7 Å². The van der Waals surface area contributed by atoms with E-state index in [4.69, 9.17) is 9.15 Å². The molecule has 3 N–H and O–H groups in total. The van der Waals surface area contributed by atoms with Gasteiger partial charge in [0.15, 0.2) is 0 Å². The first kappa shape index (κ1) is 20.0. The number of hydrogen-bond acceptors (Lipinski definition) is 5. The topological polar surface area (TPSA) is 92.6 Å². The summed E-state index contributed by atoms with van der Waals surface area (Å²) in [6.45, 7) is 1.11. The third-order valence-electron chi connectivity index (χ3n) is 4.05. The van der Waals surface area contributed by atoms with Crippen molar-refractivity contribution in [1.29, 1.82) is 0 Å². The van der Waals surface area contributed by atoms with Crippen LogP contribution >= 0.6 is 0 Å². The van der Waals surface area contributed by atoms with Gasteiger partial charge in [-0.2, -0.15) is 0 Å². The molecule has 1 aromatic heterocycles. The molecule has 150 valence electrons. The highest BCUT2D eigenvalue weighted by Crippen LogP contribution is 2.15. The van der Waals surface area contributed by atoms with E-state index in [1.54, 1.807) is 42.7 Å². The van der Waals surface area contributed by atoms with E-state index in [0.717, 1.165) is 5.75 Å². The molecule has 2 amide bonds. The predicted octanol–water partition coefficient (Wildman–Crippen LogP) is 2.82. The number of nitrogens with one attached hydrogen (secondary N) is 3. The van der Waals surface area contributed by atoms with Crippen LogP contribution in [0.4, 0.5) is 5.69 Å². The highest BCUT2D eigenvalue weighted by molar-refractivity contribution is 6.00. The summed E-state index contributed by atoms with van der Waals surface area (Å²) in [7, 11) is 0. The van der Waals surface area contributed by atoms with Gasteiger partial charge in [0.1, 0.15) is 18.1 Å². The van der Waals surface area contributed by atoms with Crippen molar-refractivity contribution in [3.05, 3.63) is 84.3 Å². The molecule has 0 bridgehead atoms. The lowest BCUT2D eigenvalue weighted by Crippen LogP contribution is -2.33. The number of carbonyl (C=O) groups is 2. The van der Waals surface area contributed by atoms with E-state index in [2.05, 4.69) is 16.0 Å². The van der Waals surface area contributed by atoms with Crippen LogP contribution in [-0.4, -0.2) is 31.5 Å². The molecule has 7 heteroatoms. The predicted molar refractivity (Wildman–Crippen MR) is 110 cm³/mol. The monoisotopic (exact) mass is 393 g/mol. The Hall–Kier alpha value is -3.74. The number of furan rings is 1. The lowest BCUT2D eigenvalue weighted by Gasteiger charge is -2.12. The van der Waals surface area contributed by atoms with Gasteiger partial charge in [0, 0.05) is 5.69 Å². The van der Waals surface area contributed by atoms with Crippen LogP contribution in [0.1, 0.15) is 16.1 Å². The highest BCUT2D eigenvalue weighted by atomic mass is 16.5. The number of para-hydroxylation sites is 2. The molecule has 0 aliphatic rings. The summed E-state index contributed by atoms with van der Waals surface area (Å²) in [5, 5.41) is 8.58. The summed E-state index contributed by atoms with van der Waals surface area (Å²) in [4.78, 5) is 24.5. The van der Waals surface area contributed by atoms with E-state index in [9.17, 15) is 9.59 Å². The Labute approximate surface area is 169 Å². The lowest BCUT2D eigenvalue weighted by atomic mass is 10.1. The number of carbonyl (C=O) groups excluding carboxylic acids is 2. The van der Waals surface area contributed by atoms with Gasteiger partial charge in [-0.15, -0.1) is 0 Å². The fourth-order valence-corrected chi connectivity index (χ4v) is 2.63. The molecule has 0 atom stereocenters. The van der Waals surface area contributed by atoms with E-state index in [1.807, 2.05) is 30.3 Å². The summed E-state index contributed by atoms with van der Waals surface area (Å²) in [6.07, 6.45) is 1.56. The SMILES string of the molecule is O=C(CNc1ccccc1C(=O)NCc1ccco1)NCCOc1ccccc1. The van der Waals surface area contributed by atoms with Crippen molar-refractivity contribution in [2.24, 2.45) is 0 Å². The molecular formula is C22H23N3O4. The molecule has 0 fully saturated rings. The second kappa shape index (κ2) is 10.6. The molecule has 0 saturated carbocycles. The highest BCUT2D eigenvalue weighted by Gasteiger charge is 2.12. The Balaban J connectivity index is 1.42. The quantitative estimate of drug-likeness (QED) is 0.461. The first-order valence-corrected chi connectivity index (χ1v) is 9.30. The number of ether oxygens (including phenoxy) is 1. The molecular weight excluding hydrogens is 370 g/mol. The Morgan fingerprint density at radius 1 is 0.897 bits per heavy atom. The van der Waals surface area contributed by atoms with Crippen LogP contribution in [0.2, 0.25) is 0 Å². The van der Waals surface area contributed by atoms with Crippen molar-refractivity contribution in [3.63, 3.8) is 0 Å². The Morgan fingerprint density at radius 2 is 1.69 bits per heavy atom. The molecule has 0 spiro atoms. The van der Waals surface area contributed by atoms with E-state index < -0.39 is 0 Å². The lowest BCUT2D eigenvalue weighted by molar-refractivity contribution is -0.119. The zero-order valence-corrected chi connectivity index (χ0v) is 15.9.